The molecule has 0 spiro atoms. The fourth-order valence-corrected chi connectivity index (χ4v) is 2.81. The number of hydrogen-bond acceptors (Lipinski definition) is 4. The lowest BCUT2D eigenvalue weighted by molar-refractivity contribution is -0.117. The Bertz CT molecular complexity index is 952. The average Bonchev–Trinajstić information content (AvgIpc) is 2.88. The highest BCUT2D eigenvalue weighted by Crippen LogP contribution is 2.31. The molecule has 0 aliphatic rings. The van der Waals surface area contributed by atoms with Crippen molar-refractivity contribution in [2.75, 3.05) is 5.32 Å². The lowest BCUT2D eigenvalue weighted by Crippen LogP contribution is -2.32. The second-order valence-electron chi connectivity index (χ2n) is 5.32. The van der Waals surface area contributed by atoms with Gasteiger partial charge >= 0.3 is 0 Å². The summed E-state index contributed by atoms with van der Waals surface area (Å²) in [6, 6.07) is 11.1. The van der Waals surface area contributed by atoms with Gasteiger partial charge < -0.3 is 15.1 Å². The third kappa shape index (κ3) is 3.55. The van der Waals surface area contributed by atoms with Crippen LogP contribution < -0.4 is 10.6 Å². The van der Waals surface area contributed by atoms with Gasteiger partial charge in [-0.25, -0.2) is 4.98 Å². The maximum atomic E-state index is 11.0. The summed E-state index contributed by atoms with van der Waals surface area (Å²) in [4.78, 5) is 15.5. The average molecular weight is 360 g/mol. The number of anilines is 1. The normalized spacial score (nSPS) is 10.6. The number of hydrogen-bond donors (Lipinski definition) is 2. The number of carbonyl (C=O) groups excluding carboxylic acids is 1. The zero-order chi connectivity index (χ0) is 17.3. The standard InChI is InChI=1S/C17H14ClN3O2S/c1-9-3-5-12(13(18)7-9)16-21-14-8-11(4-6-15(14)23-16)20-17(24)19-10(2)22/h3-8H,1-2H3,(H2,19,20,22,24). The minimum absolute atomic E-state index is 0.229. The lowest BCUT2D eigenvalue weighted by Gasteiger charge is -2.07. The van der Waals surface area contributed by atoms with E-state index in [1.807, 2.05) is 25.1 Å². The maximum Gasteiger partial charge on any atom is 0.228 e. The largest absolute Gasteiger partial charge is 0.436 e. The van der Waals surface area contributed by atoms with Gasteiger partial charge in [-0.2, -0.15) is 0 Å². The van der Waals surface area contributed by atoms with Gasteiger partial charge in [0.25, 0.3) is 0 Å². The Kier molecular flexibility index (Phi) is 4.51. The van der Waals surface area contributed by atoms with Crippen molar-refractivity contribution < 1.29 is 9.21 Å². The van der Waals surface area contributed by atoms with Crippen molar-refractivity contribution in [3.63, 3.8) is 0 Å². The molecule has 1 amide bonds. The zero-order valence-corrected chi connectivity index (χ0v) is 14.6. The molecule has 1 heterocycles. The van der Waals surface area contributed by atoms with Gasteiger partial charge in [-0.05, 0) is 55.0 Å². The predicted octanol–water partition coefficient (Wildman–Crippen LogP) is 4.29. The van der Waals surface area contributed by atoms with Crippen LogP contribution >= 0.6 is 23.8 Å². The second-order valence-corrected chi connectivity index (χ2v) is 6.14. The van der Waals surface area contributed by atoms with Crippen LogP contribution in [0.2, 0.25) is 5.02 Å². The van der Waals surface area contributed by atoms with Gasteiger partial charge in [0.2, 0.25) is 11.8 Å². The minimum atomic E-state index is -0.230. The Morgan fingerprint density at radius 1 is 1.25 bits per heavy atom. The summed E-state index contributed by atoms with van der Waals surface area (Å²) in [5.74, 6) is 0.225. The van der Waals surface area contributed by atoms with E-state index in [-0.39, 0.29) is 11.0 Å². The number of fused-ring (bicyclic) bond motifs is 1. The van der Waals surface area contributed by atoms with E-state index in [2.05, 4.69) is 15.6 Å². The molecule has 0 aliphatic heterocycles. The number of aryl methyl sites for hydroxylation is 1. The first-order valence-corrected chi connectivity index (χ1v) is 7.96. The SMILES string of the molecule is CC(=O)NC(=S)Nc1ccc2oc(-c3ccc(C)cc3Cl)nc2c1. The minimum Gasteiger partial charge on any atom is -0.436 e. The summed E-state index contributed by atoms with van der Waals surface area (Å²) in [5.41, 5.74) is 3.81. The lowest BCUT2D eigenvalue weighted by atomic mass is 10.1. The molecule has 24 heavy (non-hydrogen) atoms. The van der Waals surface area contributed by atoms with Crippen LogP contribution in [0.4, 0.5) is 5.69 Å². The fraction of sp³-hybridized carbons (Fsp3) is 0.118. The van der Waals surface area contributed by atoms with Crippen LogP contribution in [-0.2, 0) is 4.79 Å². The summed E-state index contributed by atoms with van der Waals surface area (Å²) < 4.78 is 5.77. The Hall–Kier alpha value is -2.44. The summed E-state index contributed by atoms with van der Waals surface area (Å²) in [6.45, 7) is 3.37. The zero-order valence-electron chi connectivity index (χ0n) is 13.0. The summed E-state index contributed by atoms with van der Waals surface area (Å²) in [7, 11) is 0. The number of carbonyl (C=O) groups is 1. The molecule has 3 rings (SSSR count). The van der Waals surface area contributed by atoms with Crippen LogP contribution in [0.3, 0.4) is 0 Å². The Morgan fingerprint density at radius 3 is 2.75 bits per heavy atom. The van der Waals surface area contributed by atoms with Gasteiger partial charge in [0.05, 0.1) is 10.6 Å². The van der Waals surface area contributed by atoms with E-state index in [0.717, 1.165) is 11.1 Å². The molecule has 0 atom stereocenters. The number of oxazole rings is 1. The van der Waals surface area contributed by atoms with E-state index in [1.54, 1.807) is 18.2 Å². The van der Waals surface area contributed by atoms with Crippen molar-refractivity contribution in [2.24, 2.45) is 0 Å². The third-order valence-corrected chi connectivity index (χ3v) is 3.81. The molecule has 122 valence electrons. The Morgan fingerprint density at radius 2 is 2.04 bits per heavy atom. The van der Waals surface area contributed by atoms with Gasteiger partial charge in [-0.15, -0.1) is 0 Å². The molecule has 0 fully saturated rings. The van der Waals surface area contributed by atoms with Crippen molar-refractivity contribution >= 4 is 51.6 Å². The summed E-state index contributed by atoms with van der Waals surface area (Å²) in [5, 5.41) is 6.25. The molecule has 2 N–H and O–H groups in total. The maximum absolute atomic E-state index is 11.0. The van der Waals surface area contributed by atoms with Gasteiger partial charge in [0.1, 0.15) is 5.52 Å². The first-order valence-electron chi connectivity index (χ1n) is 7.18. The van der Waals surface area contributed by atoms with Crippen molar-refractivity contribution in [1.29, 1.82) is 0 Å². The summed E-state index contributed by atoms with van der Waals surface area (Å²) in [6.07, 6.45) is 0. The van der Waals surface area contributed by atoms with Gasteiger partial charge in [0, 0.05) is 12.6 Å². The molecule has 0 saturated carbocycles. The third-order valence-electron chi connectivity index (χ3n) is 3.29. The topological polar surface area (TPSA) is 67.2 Å². The molecule has 0 bridgehead atoms. The fourth-order valence-electron chi connectivity index (χ4n) is 2.24. The van der Waals surface area contributed by atoms with E-state index in [4.69, 9.17) is 28.2 Å². The number of amides is 1. The van der Waals surface area contributed by atoms with E-state index < -0.39 is 0 Å². The predicted molar refractivity (Wildman–Crippen MR) is 99.2 cm³/mol. The molecule has 0 radical (unpaired) electrons. The van der Waals surface area contributed by atoms with E-state index in [1.165, 1.54) is 6.92 Å². The molecular weight excluding hydrogens is 346 g/mol. The van der Waals surface area contributed by atoms with Crippen LogP contribution in [0.5, 0.6) is 0 Å². The number of nitrogens with one attached hydrogen (secondary N) is 2. The van der Waals surface area contributed by atoms with Crippen LogP contribution in [-0.4, -0.2) is 16.0 Å². The van der Waals surface area contributed by atoms with Crippen molar-refractivity contribution in [3.8, 4) is 11.5 Å². The molecular formula is C17H14ClN3O2S. The number of thiocarbonyl (C=S) groups is 1. The Labute approximate surface area is 149 Å². The van der Waals surface area contributed by atoms with Gasteiger partial charge in [0.15, 0.2) is 10.7 Å². The molecule has 0 unspecified atom stereocenters. The van der Waals surface area contributed by atoms with Crippen molar-refractivity contribution in [3.05, 3.63) is 47.0 Å². The number of aromatic nitrogens is 1. The van der Waals surface area contributed by atoms with E-state index >= 15 is 0 Å². The number of nitrogens with zero attached hydrogens (tertiary/aromatic N) is 1. The molecule has 0 aliphatic carbocycles. The van der Waals surface area contributed by atoms with Crippen LogP contribution in [0, 0.1) is 6.92 Å². The highest BCUT2D eigenvalue weighted by Gasteiger charge is 2.12. The number of benzene rings is 2. The highest BCUT2D eigenvalue weighted by atomic mass is 35.5. The van der Waals surface area contributed by atoms with Gasteiger partial charge in [-0.3, -0.25) is 4.79 Å². The van der Waals surface area contributed by atoms with E-state index in [0.29, 0.717) is 27.7 Å². The van der Waals surface area contributed by atoms with E-state index in [9.17, 15) is 4.79 Å². The molecule has 3 aromatic rings. The number of halogens is 1. The molecule has 0 saturated heterocycles. The number of rotatable bonds is 2. The van der Waals surface area contributed by atoms with Crippen molar-refractivity contribution in [2.45, 2.75) is 13.8 Å². The smallest absolute Gasteiger partial charge is 0.228 e. The highest BCUT2D eigenvalue weighted by molar-refractivity contribution is 7.80. The quantitative estimate of drug-likeness (QED) is 0.668. The monoisotopic (exact) mass is 359 g/mol. The van der Waals surface area contributed by atoms with Crippen LogP contribution in [0.25, 0.3) is 22.6 Å². The molecule has 5 nitrogen and oxygen atoms in total. The first kappa shape index (κ1) is 16.4. The summed E-state index contributed by atoms with van der Waals surface area (Å²) >= 11 is 11.3. The molecule has 2 aromatic carbocycles. The molecule has 7 heteroatoms. The van der Waals surface area contributed by atoms with Crippen molar-refractivity contribution in [1.82, 2.24) is 10.3 Å². The second kappa shape index (κ2) is 6.59. The first-order chi connectivity index (χ1) is 11.4. The molecule has 1 aromatic heterocycles. The van der Waals surface area contributed by atoms with Gasteiger partial charge in [-0.1, -0.05) is 17.7 Å². The van der Waals surface area contributed by atoms with Crippen LogP contribution in [0.15, 0.2) is 40.8 Å². The van der Waals surface area contributed by atoms with Crippen LogP contribution in [0.1, 0.15) is 12.5 Å². The Balaban J connectivity index is 1.91.